The van der Waals surface area contributed by atoms with Gasteiger partial charge in [-0.2, -0.15) is 0 Å². The summed E-state index contributed by atoms with van der Waals surface area (Å²) in [5, 5.41) is 8.05. The SMILES string of the molecule is CC1/C=C(c2ccc(-c3cccc4c3sc3c5ccccc5c5ccccc5c43)cc2)\C=C/Cc2ccccc2-c2ccccc21. The van der Waals surface area contributed by atoms with Crippen LogP contribution in [0, 0.1) is 0 Å². The van der Waals surface area contributed by atoms with Gasteiger partial charge in [0.05, 0.1) is 0 Å². The molecule has 0 fully saturated rings. The average Bonchev–Trinajstić information content (AvgIpc) is 3.52. The summed E-state index contributed by atoms with van der Waals surface area (Å²) < 4.78 is 2.73. The highest BCUT2D eigenvalue weighted by Gasteiger charge is 2.17. The van der Waals surface area contributed by atoms with Crippen LogP contribution >= 0.6 is 11.3 Å². The molecule has 9 rings (SSSR count). The first-order valence-electron chi connectivity index (χ1n) is 16.2. The van der Waals surface area contributed by atoms with Gasteiger partial charge >= 0.3 is 0 Å². The van der Waals surface area contributed by atoms with Crippen LogP contribution in [0.3, 0.4) is 0 Å². The van der Waals surface area contributed by atoms with Crippen molar-refractivity contribution in [3.63, 3.8) is 0 Å². The Bertz CT molecular complexity index is 2500. The van der Waals surface area contributed by atoms with Crippen molar-refractivity contribution in [1.29, 1.82) is 0 Å². The minimum absolute atomic E-state index is 0.277. The molecular weight excluding hydrogens is 573 g/mol. The molecule has 0 saturated heterocycles. The van der Waals surface area contributed by atoms with E-state index in [0.717, 1.165) is 6.42 Å². The van der Waals surface area contributed by atoms with E-state index in [1.165, 1.54) is 86.2 Å². The minimum Gasteiger partial charge on any atom is -0.134 e. The number of thiophene rings is 1. The first kappa shape index (κ1) is 27.1. The van der Waals surface area contributed by atoms with Crippen molar-refractivity contribution in [2.75, 3.05) is 0 Å². The monoisotopic (exact) mass is 604 g/mol. The van der Waals surface area contributed by atoms with Crippen LogP contribution in [0.15, 0.2) is 158 Å². The third-order valence-electron chi connectivity index (χ3n) is 9.73. The average molecular weight is 605 g/mol. The summed E-state index contributed by atoms with van der Waals surface area (Å²) in [5.74, 6) is 0.277. The lowest BCUT2D eigenvalue weighted by molar-refractivity contribution is 0.971. The molecule has 0 radical (unpaired) electrons. The van der Waals surface area contributed by atoms with E-state index in [9.17, 15) is 0 Å². The molecule has 0 N–H and O–H groups in total. The highest BCUT2D eigenvalue weighted by molar-refractivity contribution is 7.27. The van der Waals surface area contributed by atoms with Crippen molar-refractivity contribution in [3.05, 3.63) is 174 Å². The van der Waals surface area contributed by atoms with Gasteiger partial charge in [0.15, 0.2) is 0 Å². The van der Waals surface area contributed by atoms with Crippen LogP contribution in [0.25, 0.3) is 69.5 Å². The lowest BCUT2D eigenvalue weighted by Crippen LogP contribution is -1.99. The lowest BCUT2D eigenvalue weighted by atomic mass is 9.86. The van der Waals surface area contributed by atoms with Crippen LogP contribution in [0.2, 0.25) is 0 Å². The molecule has 0 aliphatic heterocycles. The Morgan fingerprint density at radius 2 is 1.11 bits per heavy atom. The summed E-state index contributed by atoms with van der Waals surface area (Å²) in [6.45, 7) is 2.32. The third-order valence-corrected chi connectivity index (χ3v) is 11.0. The van der Waals surface area contributed by atoms with Gasteiger partial charge in [0, 0.05) is 31.5 Å². The molecule has 1 aliphatic rings. The summed E-state index contributed by atoms with van der Waals surface area (Å²) in [7, 11) is 0. The van der Waals surface area contributed by atoms with Crippen molar-refractivity contribution in [3.8, 4) is 22.3 Å². The predicted molar refractivity (Wildman–Crippen MR) is 201 cm³/mol. The van der Waals surface area contributed by atoms with Gasteiger partial charge in [-0.15, -0.1) is 11.3 Å². The van der Waals surface area contributed by atoms with Crippen molar-refractivity contribution < 1.29 is 0 Å². The Morgan fingerprint density at radius 1 is 0.500 bits per heavy atom. The van der Waals surface area contributed by atoms with E-state index in [-0.39, 0.29) is 5.92 Å². The largest absolute Gasteiger partial charge is 0.134 e. The second kappa shape index (κ2) is 11.0. The van der Waals surface area contributed by atoms with Gasteiger partial charge in [0.25, 0.3) is 0 Å². The molecule has 0 amide bonds. The van der Waals surface area contributed by atoms with Crippen LogP contribution in [0.4, 0.5) is 0 Å². The molecule has 0 bridgehead atoms. The van der Waals surface area contributed by atoms with E-state index in [4.69, 9.17) is 0 Å². The summed E-state index contributed by atoms with van der Waals surface area (Å²) in [4.78, 5) is 0. The minimum atomic E-state index is 0.277. The maximum Gasteiger partial charge on any atom is 0.0440 e. The quantitative estimate of drug-likeness (QED) is 0.172. The maximum atomic E-state index is 2.43. The molecule has 1 aromatic heterocycles. The number of allylic oxidation sites excluding steroid dienone is 4. The third kappa shape index (κ3) is 4.35. The Labute approximate surface area is 273 Å². The number of rotatable bonds is 2. The zero-order valence-electron chi connectivity index (χ0n) is 25.7. The van der Waals surface area contributed by atoms with Gasteiger partial charge in [-0.3, -0.25) is 0 Å². The van der Waals surface area contributed by atoms with E-state index < -0.39 is 0 Å². The van der Waals surface area contributed by atoms with Crippen LogP contribution in [0.1, 0.15) is 29.5 Å². The molecule has 1 atom stereocenters. The van der Waals surface area contributed by atoms with E-state index in [1.54, 1.807) is 0 Å². The van der Waals surface area contributed by atoms with Crippen LogP contribution in [0.5, 0.6) is 0 Å². The van der Waals surface area contributed by atoms with Crippen molar-refractivity contribution in [1.82, 2.24) is 0 Å². The first-order valence-corrected chi connectivity index (χ1v) is 17.0. The topological polar surface area (TPSA) is 0 Å². The van der Waals surface area contributed by atoms with E-state index in [1.807, 2.05) is 11.3 Å². The van der Waals surface area contributed by atoms with E-state index in [0.29, 0.717) is 0 Å². The second-order valence-electron chi connectivity index (χ2n) is 12.4. The molecule has 218 valence electrons. The van der Waals surface area contributed by atoms with Gasteiger partial charge in [0.1, 0.15) is 0 Å². The number of fused-ring (bicyclic) bond motifs is 11. The Balaban J connectivity index is 1.16. The van der Waals surface area contributed by atoms with Crippen LogP contribution < -0.4 is 0 Å². The molecule has 0 saturated carbocycles. The molecule has 1 heterocycles. The smallest absolute Gasteiger partial charge is 0.0440 e. The standard InChI is InChI=1S/C45H32S/c1-29-28-33(14-10-13-31-12-2-3-16-35(31)37-17-5-4-15-34(29)37)30-24-26-32(27-25-30)36-22-11-23-42-43-40-20-8-6-18-38(40)39-19-7-9-21-41(39)45(43)46-44(36)42/h2-12,14-29H,13H2,1H3/b14-10-,33-28+. The van der Waals surface area contributed by atoms with Crippen molar-refractivity contribution in [2.24, 2.45) is 0 Å². The fourth-order valence-corrected chi connectivity index (χ4v) is 8.91. The highest BCUT2D eigenvalue weighted by Crippen LogP contribution is 2.46. The Hall–Kier alpha value is -5.24. The molecule has 7 aromatic carbocycles. The second-order valence-corrected chi connectivity index (χ2v) is 13.4. The van der Waals surface area contributed by atoms with Gasteiger partial charge in [0.2, 0.25) is 0 Å². The van der Waals surface area contributed by atoms with Gasteiger partial charge in [-0.25, -0.2) is 0 Å². The molecule has 0 nitrogen and oxygen atoms in total. The summed E-state index contributed by atoms with van der Waals surface area (Å²) in [6, 6.07) is 51.5. The van der Waals surface area contributed by atoms with Crippen LogP contribution in [-0.2, 0) is 6.42 Å². The molecule has 1 unspecified atom stereocenters. The zero-order valence-corrected chi connectivity index (χ0v) is 26.5. The molecule has 0 spiro atoms. The zero-order chi connectivity index (χ0) is 30.6. The summed E-state index contributed by atoms with van der Waals surface area (Å²) in [5.41, 5.74) is 10.5. The molecule has 1 heteroatoms. The predicted octanol–water partition coefficient (Wildman–Crippen LogP) is 13.0. The van der Waals surface area contributed by atoms with Crippen molar-refractivity contribution >= 4 is 58.6 Å². The molecule has 1 aliphatic carbocycles. The first-order chi connectivity index (χ1) is 22.7. The fourth-order valence-electron chi connectivity index (χ4n) is 7.52. The Kier molecular flexibility index (Phi) is 6.47. The number of hydrogen-bond donors (Lipinski definition) is 0. The fraction of sp³-hybridized carbons (Fsp3) is 0.0667. The van der Waals surface area contributed by atoms with E-state index in [2.05, 4.69) is 165 Å². The molecular formula is C45H32S. The number of hydrogen-bond acceptors (Lipinski definition) is 1. The van der Waals surface area contributed by atoms with E-state index >= 15 is 0 Å². The van der Waals surface area contributed by atoms with Crippen molar-refractivity contribution in [2.45, 2.75) is 19.3 Å². The highest BCUT2D eigenvalue weighted by atomic mass is 32.1. The normalized spacial score (nSPS) is 16.6. The summed E-state index contributed by atoms with van der Waals surface area (Å²) >= 11 is 1.93. The lowest BCUT2D eigenvalue weighted by Gasteiger charge is -2.19. The number of benzene rings is 7. The maximum absolute atomic E-state index is 2.43. The summed E-state index contributed by atoms with van der Waals surface area (Å²) in [6.07, 6.45) is 7.98. The Morgan fingerprint density at radius 3 is 1.93 bits per heavy atom. The molecule has 8 aromatic rings. The van der Waals surface area contributed by atoms with Gasteiger partial charge in [-0.1, -0.05) is 165 Å². The van der Waals surface area contributed by atoms with Crippen LogP contribution in [-0.4, -0.2) is 0 Å². The molecule has 46 heavy (non-hydrogen) atoms. The van der Waals surface area contributed by atoms with Gasteiger partial charge < -0.3 is 0 Å². The van der Waals surface area contributed by atoms with Gasteiger partial charge in [-0.05, 0) is 67.1 Å².